The zero-order valence-corrected chi connectivity index (χ0v) is 18.1. The Morgan fingerprint density at radius 1 is 1.16 bits per heavy atom. The van der Waals surface area contributed by atoms with Crippen LogP contribution in [0, 0.1) is 11.7 Å². The average Bonchev–Trinajstić information content (AvgIpc) is 2.78. The number of nitrogens with zero attached hydrogens (tertiary/aromatic N) is 2. The van der Waals surface area contributed by atoms with Gasteiger partial charge >= 0.3 is 0 Å². The number of ketones is 1. The number of halogens is 1. The third-order valence-electron chi connectivity index (χ3n) is 7.12. The van der Waals surface area contributed by atoms with Crippen molar-refractivity contribution >= 4 is 5.78 Å². The van der Waals surface area contributed by atoms with Gasteiger partial charge in [-0.1, -0.05) is 26.2 Å². The number of rotatable bonds is 5. The lowest BCUT2D eigenvalue weighted by Gasteiger charge is -2.36. The molecule has 31 heavy (non-hydrogen) atoms. The first-order chi connectivity index (χ1) is 14.9. The van der Waals surface area contributed by atoms with Crippen LogP contribution in [0.1, 0.15) is 91.0 Å². The minimum absolute atomic E-state index is 0.0993. The lowest BCUT2D eigenvalue weighted by atomic mass is 9.74. The molecule has 2 aromatic rings. The molecule has 6 heteroatoms. The van der Waals surface area contributed by atoms with Gasteiger partial charge in [0.05, 0.1) is 11.8 Å². The fourth-order valence-corrected chi connectivity index (χ4v) is 5.35. The SMILES string of the molecule is C[C@H]1C[C@@H](c2ccncc2CC(=O)c2ccc(F)c(C3CCCCC3)n2)C[C@@H](N)[C@@H]1O. The highest BCUT2D eigenvalue weighted by atomic mass is 19.1. The number of aliphatic hydroxyl groups is 1. The average molecular weight is 426 g/mol. The van der Waals surface area contributed by atoms with Gasteiger partial charge < -0.3 is 10.8 Å². The Balaban J connectivity index is 1.54. The first-order valence-electron chi connectivity index (χ1n) is 11.5. The second-order valence-electron chi connectivity index (χ2n) is 9.37. The predicted octanol–water partition coefficient (Wildman–Crippen LogP) is 4.29. The zero-order valence-electron chi connectivity index (χ0n) is 18.1. The second-order valence-corrected chi connectivity index (χ2v) is 9.37. The Bertz CT molecular complexity index is 917. The fraction of sp³-hybridized carbons (Fsp3) is 0.560. The molecule has 2 saturated carbocycles. The largest absolute Gasteiger partial charge is 0.391 e. The minimum Gasteiger partial charge on any atom is -0.391 e. The van der Waals surface area contributed by atoms with E-state index in [0.29, 0.717) is 17.8 Å². The maximum Gasteiger partial charge on any atom is 0.185 e. The number of hydrogen-bond donors (Lipinski definition) is 2. The predicted molar refractivity (Wildman–Crippen MR) is 117 cm³/mol. The molecular weight excluding hydrogens is 393 g/mol. The summed E-state index contributed by atoms with van der Waals surface area (Å²) in [4.78, 5) is 21.8. The molecule has 0 radical (unpaired) electrons. The van der Waals surface area contributed by atoms with Crippen molar-refractivity contribution in [3.8, 4) is 0 Å². The van der Waals surface area contributed by atoms with Crippen molar-refractivity contribution in [2.45, 2.75) is 82.3 Å². The molecule has 4 rings (SSSR count). The molecule has 0 saturated heterocycles. The lowest BCUT2D eigenvalue weighted by Crippen LogP contribution is -2.44. The Hall–Kier alpha value is -2.18. The van der Waals surface area contributed by atoms with Crippen molar-refractivity contribution in [2.75, 3.05) is 0 Å². The standard InChI is InChI=1S/C25H32FN3O2/c1-15-11-17(12-21(27)25(15)31)19-9-10-28-14-18(19)13-23(30)22-8-7-20(26)24(29-22)16-5-3-2-4-6-16/h7-10,14-17,21,25,31H,2-6,11-13,27H2,1H3/t15-,17+,21+,25+/m0/s1. The summed E-state index contributed by atoms with van der Waals surface area (Å²) >= 11 is 0. The summed E-state index contributed by atoms with van der Waals surface area (Å²) < 4.78 is 14.4. The molecule has 2 heterocycles. The highest BCUT2D eigenvalue weighted by Crippen LogP contribution is 2.37. The second kappa shape index (κ2) is 9.53. The van der Waals surface area contributed by atoms with E-state index in [1.54, 1.807) is 12.4 Å². The number of aliphatic hydroxyl groups excluding tert-OH is 1. The first kappa shape index (κ1) is 22.0. The van der Waals surface area contributed by atoms with Crippen LogP contribution in [0.3, 0.4) is 0 Å². The molecule has 2 fully saturated rings. The van der Waals surface area contributed by atoms with E-state index in [1.807, 2.05) is 13.0 Å². The van der Waals surface area contributed by atoms with Crippen molar-refractivity contribution in [1.29, 1.82) is 0 Å². The van der Waals surface area contributed by atoms with Crippen LogP contribution in [0.2, 0.25) is 0 Å². The van der Waals surface area contributed by atoms with Crippen molar-refractivity contribution in [1.82, 2.24) is 9.97 Å². The summed E-state index contributed by atoms with van der Waals surface area (Å²) in [6.45, 7) is 2.01. The van der Waals surface area contributed by atoms with Gasteiger partial charge in [-0.2, -0.15) is 0 Å². The zero-order chi connectivity index (χ0) is 22.0. The minimum atomic E-state index is -0.496. The highest BCUT2D eigenvalue weighted by molar-refractivity contribution is 5.96. The normalized spacial score (nSPS) is 27.2. The molecule has 0 spiro atoms. The maximum atomic E-state index is 14.4. The van der Waals surface area contributed by atoms with E-state index in [0.717, 1.165) is 43.2 Å². The fourth-order valence-electron chi connectivity index (χ4n) is 5.35. The summed E-state index contributed by atoms with van der Waals surface area (Å²) in [6.07, 6.45) is 9.86. The van der Waals surface area contributed by atoms with Gasteiger partial charge in [0.15, 0.2) is 5.78 Å². The van der Waals surface area contributed by atoms with Gasteiger partial charge in [-0.25, -0.2) is 9.37 Å². The Morgan fingerprint density at radius 2 is 1.94 bits per heavy atom. The van der Waals surface area contributed by atoms with Crippen LogP contribution in [0.4, 0.5) is 4.39 Å². The molecular formula is C25H32FN3O2. The van der Waals surface area contributed by atoms with Gasteiger partial charge in [-0.15, -0.1) is 0 Å². The topological polar surface area (TPSA) is 89.1 Å². The quantitative estimate of drug-likeness (QED) is 0.698. The monoisotopic (exact) mass is 425 g/mol. The van der Waals surface area contributed by atoms with Gasteiger partial charge in [0.2, 0.25) is 0 Å². The van der Waals surface area contributed by atoms with Crippen LogP contribution < -0.4 is 5.73 Å². The number of carbonyl (C=O) groups is 1. The van der Waals surface area contributed by atoms with Crippen molar-refractivity contribution < 1.29 is 14.3 Å². The lowest BCUT2D eigenvalue weighted by molar-refractivity contribution is 0.0519. The van der Waals surface area contributed by atoms with Gasteiger partial charge in [0, 0.05) is 30.8 Å². The Kier molecular flexibility index (Phi) is 6.77. The van der Waals surface area contributed by atoms with Gasteiger partial charge in [-0.3, -0.25) is 9.78 Å². The highest BCUT2D eigenvalue weighted by Gasteiger charge is 2.34. The molecule has 3 N–H and O–H groups in total. The number of pyridine rings is 2. The van der Waals surface area contributed by atoms with Crippen LogP contribution in [0.5, 0.6) is 0 Å². The molecule has 0 aliphatic heterocycles. The molecule has 2 aliphatic rings. The summed E-state index contributed by atoms with van der Waals surface area (Å²) in [5.74, 6) is -0.0543. The van der Waals surface area contributed by atoms with E-state index in [-0.39, 0.29) is 41.8 Å². The molecule has 2 aromatic heterocycles. The smallest absolute Gasteiger partial charge is 0.185 e. The maximum absolute atomic E-state index is 14.4. The summed E-state index contributed by atoms with van der Waals surface area (Å²) in [7, 11) is 0. The molecule has 5 nitrogen and oxygen atoms in total. The van der Waals surface area contributed by atoms with E-state index >= 15 is 0 Å². The number of hydrogen-bond acceptors (Lipinski definition) is 5. The summed E-state index contributed by atoms with van der Waals surface area (Å²) in [5, 5.41) is 10.2. The van der Waals surface area contributed by atoms with Gasteiger partial charge in [0.25, 0.3) is 0 Å². The van der Waals surface area contributed by atoms with Crippen LogP contribution in [-0.2, 0) is 6.42 Å². The number of Topliss-reactive ketones (excluding diaryl/α,β-unsaturated/α-hetero) is 1. The van der Waals surface area contributed by atoms with Crippen LogP contribution >= 0.6 is 0 Å². The molecule has 0 aromatic carbocycles. The van der Waals surface area contributed by atoms with Crippen LogP contribution in [0.25, 0.3) is 0 Å². The molecule has 0 unspecified atom stereocenters. The van der Waals surface area contributed by atoms with E-state index in [4.69, 9.17) is 5.73 Å². The van der Waals surface area contributed by atoms with Crippen molar-refractivity contribution in [3.05, 3.63) is 58.9 Å². The van der Waals surface area contributed by atoms with Crippen LogP contribution in [0.15, 0.2) is 30.6 Å². The third-order valence-corrected chi connectivity index (χ3v) is 7.12. The first-order valence-corrected chi connectivity index (χ1v) is 11.5. The summed E-state index contributed by atoms with van der Waals surface area (Å²) in [6, 6.07) is 4.56. The third kappa shape index (κ3) is 4.85. The Labute approximate surface area is 183 Å². The molecule has 0 amide bonds. The number of carbonyl (C=O) groups excluding carboxylic acids is 1. The van der Waals surface area contributed by atoms with Crippen molar-refractivity contribution in [2.24, 2.45) is 11.7 Å². The molecule has 4 atom stereocenters. The molecule has 166 valence electrons. The van der Waals surface area contributed by atoms with E-state index < -0.39 is 6.10 Å². The summed E-state index contributed by atoms with van der Waals surface area (Å²) in [5.41, 5.74) is 8.85. The van der Waals surface area contributed by atoms with E-state index in [1.165, 1.54) is 18.6 Å². The Morgan fingerprint density at radius 3 is 2.68 bits per heavy atom. The van der Waals surface area contributed by atoms with E-state index in [9.17, 15) is 14.3 Å². The van der Waals surface area contributed by atoms with Gasteiger partial charge in [-0.05, 0) is 66.8 Å². The number of nitrogens with two attached hydrogens (primary N) is 1. The number of aromatic nitrogens is 2. The van der Waals surface area contributed by atoms with Crippen LogP contribution in [-0.4, -0.2) is 33.0 Å². The van der Waals surface area contributed by atoms with E-state index in [2.05, 4.69) is 9.97 Å². The molecule has 0 bridgehead atoms. The van der Waals surface area contributed by atoms with Crippen molar-refractivity contribution in [3.63, 3.8) is 0 Å². The molecule has 2 aliphatic carbocycles. The van der Waals surface area contributed by atoms with Gasteiger partial charge in [0.1, 0.15) is 11.5 Å².